The van der Waals surface area contributed by atoms with Crippen molar-refractivity contribution in [2.24, 2.45) is 0 Å². The van der Waals surface area contributed by atoms with Crippen LogP contribution < -0.4 is 14.4 Å². The molecule has 1 saturated heterocycles. The van der Waals surface area contributed by atoms with E-state index in [2.05, 4.69) is 16.0 Å². The molecule has 216 valence electrons. The largest absolute Gasteiger partial charge is 0.492 e. The molecule has 0 radical (unpaired) electrons. The van der Waals surface area contributed by atoms with Crippen LogP contribution in [0.25, 0.3) is 0 Å². The van der Waals surface area contributed by atoms with E-state index in [9.17, 15) is 9.90 Å². The van der Waals surface area contributed by atoms with Crippen LogP contribution in [0.2, 0.25) is 0 Å². The topological polar surface area (TPSA) is 97.2 Å². The number of hydrogen-bond donors (Lipinski definition) is 1. The van der Waals surface area contributed by atoms with E-state index in [-0.39, 0.29) is 12.6 Å². The summed E-state index contributed by atoms with van der Waals surface area (Å²) in [5.41, 5.74) is 3.78. The molecule has 1 fully saturated rings. The predicted octanol–water partition coefficient (Wildman–Crippen LogP) is 4.61. The van der Waals surface area contributed by atoms with Gasteiger partial charge in [0.25, 0.3) is 0 Å². The molecule has 3 heterocycles. The zero-order valence-corrected chi connectivity index (χ0v) is 23.8. The summed E-state index contributed by atoms with van der Waals surface area (Å²) < 4.78 is 18.0. The van der Waals surface area contributed by atoms with E-state index >= 15 is 0 Å². The lowest BCUT2D eigenvalue weighted by Crippen LogP contribution is -2.38. The monoisotopic (exact) mass is 558 g/mol. The first-order valence-electron chi connectivity index (χ1n) is 14.2. The van der Waals surface area contributed by atoms with Gasteiger partial charge in [-0.1, -0.05) is 36.4 Å². The lowest BCUT2D eigenvalue weighted by atomic mass is 10.1. The number of piperidine rings is 1. The molecule has 1 N–H and O–H groups in total. The van der Waals surface area contributed by atoms with Crippen LogP contribution >= 0.6 is 0 Å². The van der Waals surface area contributed by atoms with Crippen molar-refractivity contribution in [1.29, 1.82) is 0 Å². The third-order valence-electron chi connectivity index (χ3n) is 7.42. The Balaban J connectivity index is 1.32. The van der Waals surface area contributed by atoms with Crippen molar-refractivity contribution in [2.75, 3.05) is 44.3 Å². The second kappa shape index (κ2) is 13.7. The average molecular weight is 559 g/mol. The zero-order valence-electron chi connectivity index (χ0n) is 23.8. The highest BCUT2D eigenvalue weighted by Crippen LogP contribution is 2.26. The number of carbonyl (C=O) groups is 1. The summed E-state index contributed by atoms with van der Waals surface area (Å²) in [4.78, 5) is 26.4. The summed E-state index contributed by atoms with van der Waals surface area (Å²) in [6, 6.07) is 13.6. The minimum absolute atomic E-state index is 0.178. The zero-order chi connectivity index (χ0) is 28.6. The Hall–Kier alpha value is -3.79. The molecule has 0 aliphatic carbocycles. The van der Waals surface area contributed by atoms with Gasteiger partial charge in [-0.2, -0.15) is 0 Å². The Morgan fingerprint density at radius 1 is 1.10 bits per heavy atom. The van der Waals surface area contributed by atoms with E-state index in [1.54, 1.807) is 12.3 Å². The van der Waals surface area contributed by atoms with Gasteiger partial charge < -0.3 is 19.3 Å². The molecule has 2 aliphatic rings. The van der Waals surface area contributed by atoms with E-state index in [4.69, 9.17) is 19.2 Å². The first kappa shape index (κ1) is 28.7. The van der Waals surface area contributed by atoms with Crippen molar-refractivity contribution >= 4 is 11.9 Å². The van der Waals surface area contributed by atoms with Crippen LogP contribution in [0.4, 0.5) is 10.6 Å². The Morgan fingerprint density at radius 3 is 2.71 bits per heavy atom. The molecular weight excluding hydrogens is 520 g/mol. The number of aliphatic hydroxyl groups excluding tert-OH is 1. The van der Waals surface area contributed by atoms with Crippen molar-refractivity contribution in [3.05, 3.63) is 88.9 Å². The number of carbonyl (C=O) groups excluding carboxylic acids is 1. The maximum Gasteiger partial charge on any atom is 0.421 e. The minimum atomic E-state index is -0.505. The third-order valence-corrected chi connectivity index (χ3v) is 7.42. The van der Waals surface area contributed by atoms with Gasteiger partial charge in [0.15, 0.2) is 0 Å². The number of aliphatic hydroxyl groups is 1. The molecule has 9 heteroatoms. The molecule has 1 aromatic heterocycles. The number of likely N-dealkylation sites (tertiary alicyclic amines) is 1. The number of para-hydroxylation sites is 1. The van der Waals surface area contributed by atoms with Crippen molar-refractivity contribution < 1.29 is 24.1 Å². The molecule has 1 amide bonds. The van der Waals surface area contributed by atoms with Gasteiger partial charge in [0.2, 0.25) is 0 Å². The number of aromatic nitrogens is 2. The van der Waals surface area contributed by atoms with Gasteiger partial charge in [0.1, 0.15) is 29.7 Å². The number of anilines is 1. The van der Waals surface area contributed by atoms with Crippen molar-refractivity contribution in [1.82, 2.24) is 14.9 Å². The number of nitrogens with zero attached hydrogens (tertiary/aromatic N) is 4. The van der Waals surface area contributed by atoms with Gasteiger partial charge in [-0.25, -0.2) is 14.8 Å². The van der Waals surface area contributed by atoms with Gasteiger partial charge in [-0.05, 0) is 61.6 Å². The molecule has 0 unspecified atom stereocenters. The Kier molecular flexibility index (Phi) is 9.61. The quantitative estimate of drug-likeness (QED) is 0.454. The first-order valence-corrected chi connectivity index (χ1v) is 14.2. The number of aryl methyl sites for hydroxylation is 2. The van der Waals surface area contributed by atoms with Crippen molar-refractivity contribution in [3.63, 3.8) is 0 Å². The second-order valence-electron chi connectivity index (χ2n) is 10.6. The molecule has 0 spiro atoms. The summed E-state index contributed by atoms with van der Waals surface area (Å²) >= 11 is 0. The van der Waals surface area contributed by atoms with Gasteiger partial charge in [0.05, 0.1) is 19.3 Å². The Morgan fingerprint density at radius 2 is 1.90 bits per heavy atom. The van der Waals surface area contributed by atoms with Crippen LogP contribution in [0.1, 0.15) is 40.9 Å². The number of benzene rings is 2. The summed E-state index contributed by atoms with van der Waals surface area (Å²) in [5, 5.41) is 9.74. The summed E-state index contributed by atoms with van der Waals surface area (Å²) in [7, 11) is 0. The fourth-order valence-electron chi connectivity index (χ4n) is 5.08. The smallest absolute Gasteiger partial charge is 0.421 e. The lowest BCUT2D eigenvalue weighted by Gasteiger charge is -2.29. The fourth-order valence-corrected chi connectivity index (χ4v) is 5.08. The van der Waals surface area contributed by atoms with E-state index in [0.29, 0.717) is 43.6 Å². The van der Waals surface area contributed by atoms with Gasteiger partial charge in [-0.15, -0.1) is 0 Å². The summed E-state index contributed by atoms with van der Waals surface area (Å²) in [5.74, 6) is 2.43. The van der Waals surface area contributed by atoms with E-state index in [1.807, 2.05) is 56.3 Å². The van der Waals surface area contributed by atoms with Crippen LogP contribution in [-0.2, 0) is 17.8 Å². The number of ether oxygens (including phenoxy) is 3. The van der Waals surface area contributed by atoms with Crippen LogP contribution in [0.3, 0.4) is 0 Å². The fraction of sp³-hybridized carbons (Fsp3) is 0.406. The van der Waals surface area contributed by atoms with Gasteiger partial charge in [0, 0.05) is 44.4 Å². The first-order chi connectivity index (χ1) is 20.0. The highest BCUT2D eigenvalue weighted by atomic mass is 16.6. The number of hydrogen-bond acceptors (Lipinski definition) is 8. The van der Waals surface area contributed by atoms with Crippen LogP contribution in [-0.4, -0.2) is 71.6 Å². The number of fused-ring (bicyclic) bond motifs is 4. The van der Waals surface area contributed by atoms with Crippen molar-refractivity contribution in [2.45, 2.75) is 45.8 Å². The van der Waals surface area contributed by atoms with Crippen molar-refractivity contribution in [3.8, 4) is 11.5 Å². The van der Waals surface area contributed by atoms with E-state index < -0.39 is 6.09 Å². The highest BCUT2D eigenvalue weighted by molar-refractivity contribution is 5.88. The van der Waals surface area contributed by atoms with Gasteiger partial charge >= 0.3 is 6.09 Å². The van der Waals surface area contributed by atoms with Gasteiger partial charge in [-0.3, -0.25) is 9.80 Å². The van der Waals surface area contributed by atoms with E-state index in [1.165, 1.54) is 4.90 Å². The molecular formula is C32H38N4O5. The molecule has 0 saturated carbocycles. The molecule has 2 aromatic carbocycles. The predicted molar refractivity (Wildman–Crippen MR) is 157 cm³/mol. The lowest BCUT2D eigenvalue weighted by molar-refractivity contribution is 0.0750. The third kappa shape index (κ3) is 7.70. The van der Waals surface area contributed by atoms with Crippen LogP contribution in [0, 0.1) is 13.8 Å². The molecule has 41 heavy (non-hydrogen) atoms. The SMILES string of the molecule is Cc1cccc(C)c1OC(=O)N1C/C=C/COCc2cc(ccc2OCCN2CCC(O)CC2)Cc2nccc1n2. The molecule has 5 rings (SSSR count). The molecule has 9 nitrogen and oxygen atoms in total. The normalized spacial score (nSPS) is 17.5. The van der Waals surface area contributed by atoms with E-state index in [0.717, 1.165) is 60.5 Å². The second-order valence-corrected chi connectivity index (χ2v) is 10.6. The maximum absolute atomic E-state index is 13.3. The molecule has 2 aliphatic heterocycles. The Bertz CT molecular complexity index is 1350. The number of rotatable bonds is 5. The summed E-state index contributed by atoms with van der Waals surface area (Å²) in [6.07, 6.45) is 6.88. The standard InChI is InChI=1S/C32H38N4O5/c1-23-6-5-7-24(2)31(23)41-32(38)36-14-3-4-18-39-22-26-20-25(21-29-33-13-10-30(36)34-29)8-9-28(26)40-19-17-35-15-11-27(37)12-16-35/h3-10,13,20,27,37H,11-12,14-19,21-22H2,1-2H3/b4-3+. The minimum Gasteiger partial charge on any atom is -0.492 e. The summed E-state index contributed by atoms with van der Waals surface area (Å²) in [6.45, 7) is 8.07. The maximum atomic E-state index is 13.3. The molecule has 4 bridgehead atoms. The highest BCUT2D eigenvalue weighted by Gasteiger charge is 2.21. The number of amides is 1. The molecule has 0 atom stereocenters. The molecule has 3 aromatic rings. The van der Waals surface area contributed by atoms with Crippen LogP contribution in [0.15, 0.2) is 60.8 Å². The Labute approximate surface area is 241 Å². The van der Waals surface area contributed by atoms with Crippen LogP contribution in [0.5, 0.6) is 11.5 Å². The average Bonchev–Trinajstić information content (AvgIpc) is 2.96.